The molecule has 1 aliphatic rings. The van der Waals surface area contributed by atoms with E-state index in [0.717, 1.165) is 30.6 Å². The second kappa shape index (κ2) is 8.35. The number of halogens is 2. The summed E-state index contributed by atoms with van der Waals surface area (Å²) in [6.45, 7) is 2.19. The number of benzene rings is 3. The van der Waals surface area contributed by atoms with Crippen molar-refractivity contribution in [3.8, 4) is 0 Å². The molecule has 1 N–H and O–H groups in total. The molecule has 7 heteroatoms. The Morgan fingerprint density at radius 3 is 2.29 bits per heavy atom. The fourth-order valence-corrected chi connectivity index (χ4v) is 4.36. The van der Waals surface area contributed by atoms with Crippen LogP contribution in [-0.2, 0) is 19.5 Å². The van der Waals surface area contributed by atoms with Gasteiger partial charge in [-0.15, -0.1) is 5.10 Å². The van der Waals surface area contributed by atoms with E-state index in [1.807, 2.05) is 12.1 Å². The van der Waals surface area contributed by atoms with E-state index in [1.54, 1.807) is 16.8 Å². The highest BCUT2D eigenvalue weighted by atomic mass is 19.1. The van der Waals surface area contributed by atoms with Gasteiger partial charge in [-0.05, 0) is 58.0 Å². The molecule has 1 aliphatic heterocycles. The van der Waals surface area contributed by atoms with Gasteiger partial charge in [0.2, 0.25) is 5.82 Å². The molecule has 0 spiro atoms. The Balaban J connectivity index is 1.52. The first kappa shape index (κ1) is 19.5. The topological polar surface area (TPSA) is 48.0 Å². The van der Waals surface area contributed by atoms with E-state index < -0.39 is 0 Å². The van der Waals surface area contributed by atoms with Crippen molar-refractivity contribution in [3.05, 3.63) is 113 Å². The number of fused-ring (bicyclic) bond motifs is 1. The van der Waals surface area contributed by atoms with Crippen molar-refractivity contribution in [2.75, 3.05) is 6.54 Å². The lowest BCUT2D eigenvalue weighted by atomic mass is 9.96. The van der Waals surface area contributed by atoms with Gasteiger partial charge < -0.3 is 4.90 Å². The zero-order chi connectivity index (χ0) is 21.2. The molecule has 1 aromatic heterocycles. The Morgan fingerprint density at radius 1 is 0.871 bits per heavy atom. The fourth-order valence-electron chi connectivity index (χ4n) is 4.36. The second-order valence-electron chi connectivity index (χ2n) is 7.91. The summed E-state index contributed by atoms with van der Waals surface area (Å²) in [5.41, 5.74) is 4.56. The van der Waals surface area contributed by atoms with E-state index in [2.05, 4.69) is 39.8 Å². The molecule has 1 unspecified atom stereocenters. The Hall–Kier alpha value is -3.45. The van der Waals surface area contributed by atoms with Crippen LogP contribution >= 0.6 is 0 Å². The minimum absolute atomic E-state index is 0.149. The number of hydrogen-bond donors (Lipinski definition) is 1. The molecular formula is C24H22F2N5+. The van der Waals surface area contributed by atoms with Gasteiger partial charge in [0.15, 0.2) is 6.04 Å². The molecule has 2 atom stereocenters. The zero-order valence-electron chi connectivity index (χ0n) is 16.9. The minimum Gasteiger partial charge on any atom is -0.318 e. The predicted molar refractivity (Wildman–Crippen MR) is 111 cm³/mol. The summed E-state index contributed by atoms with van der Waals surface area (Å²) in [7, 11) is 0. The third-order valence-corrected chi connectivity index (χ3v) is 5.93. The summed E-state index contributed by atoms with van der Waals surface area (Å²) in [6.07, 6.45) is 0.961. The first-order valence-corrected chi connectivity index (χ1v) is 10.3. The molecule has 31 heavy (non-hydrogen) atoms. The molecule has 5 rings (SSSR count). The number of quaternary nitrogens is 1. The number of rotatable bonds is 5. The minimum atomic E-state index is -0.277. The fraction of sp³-hybridized carbons (Fsp3) is 0.208. The van der Waals surface area contributed by atoms with Crippen LogP contribution in [0.2, 0.25) is 0 Å². The molecule has 0 radical (unpaired) electrons. The second-order valence-corrected chi connectivity index (χ2v) is 7.91. The maximum Gasteiger partial charge on any atom is 0.214 e. The highest BCUT2D eigenvalue weighted by molar-refractivity contribution is 5.29. The number of nitrogens with one attached hydrogen (secondary N) is 1. The predicted octanol–water partition coefficient (Wildman–Crippen LogP) is 2.73. The van der Waals surface area contributed by atoms with Gasteiger partial charge in [0.05, 0.1) is 13.1 Å². The molecule has 5 nitrogen and oxygen atoms in total. The molecule has 0 bridgehead atoms. The Morgan fingerprint density at radius 2 is 1.55 bits per heavy atom. The van der Waals surface area contributed by atoms with Gasteiger partial charge in [0, 0.05) is 17.5 Å². The van der Waals surface area contributed by atoms with Crippen LogP contribution in [0.25, 0.3) is 0 Å². The lowest BCUT2D eigenvalue weighted by Crippen LogP contribution is -3.12. The third-order valence-electron chi connectivity index (χ3n) is 5.93. The Bertz CT molecular complexity index is 1170. The van der Waals surface area contributed by atoms with Gasteiger partial charge in [0.25, 0.3) is 0 Å². The highest BCUT2D eigenvalue weighted by Gasteiger charge is 2.34. The summed E-state index contributed by atoms with van der Waals surface area (Å²) < 4.78 is 28.7. The van der Waals surface area contributed by atoms with E-state index in [0.29, 0.717) is 12.4 Å². The molecule has 0 saturated heterocycles. The molecule has 0 fully saturated rings. The van der Waals surface area contributed by atoms with Crippen molar-refractivity contribution in [1.82, 2.24) is 20.2 Å². The standard InChI is InChI=1S/C24H21F2N5/c25-21-9-5-17(6-10-21)15-31-24(27-28-29-31)23(19-7-11-22(26)12-8-19)30-14-13-18-3-1-2-4-20(18)16-30/h1-12,23H,13-16H2/p+1/t23-/m1/s1. The lowest BCUT2D eigenvalue weighted by Gasteiger charge is -2.32. The van der Waals surface area contributed by atoms with Crippen LogP contribution in [0.5, 0.6) is 0 Å². The van der Waals surface area contributed by atoms with Gasteiger partial charge >= 0.3 is 0 Å². The summed E-state index contributed by atoms with van der Waals surface area (Å²) in [5, 5.41) is 12.5. The number of aromatic nitrogens is 4. The lowest BCUT2D eigenvalue weighted by molar-refractivity contribution is -0.941. The summed E-state index contributed by atoms with van der Waals surface area (Å²) in [4.78, 5) is 1.31. The summed E-state index contributed by atoms with van der Waals surface area (Å²) in [5.74, 6) is 0.166. The number of tetrazole rings is 1. The van der Waals surface area contributed by atoms with E-state index >= 15 is 0 Å². The van der Waals surface area contributed by atoms with E-state index in [1.165, 1.54) is 40.3 Å². The van der Waals surface area contributed by atoms with Crippen LogP contribution in [0.15, 0.2) is 72.8 Å². The quantitative estimate of drug-likeness (QED) is 0.542. The van der Waals surface area contributed by atoms with Crippen LogP contribution in [-0.4, -0.2) is 26.8 Å². The van der Waals surface area contributed by atoms with Crippen molar-refractivity contribution < 1.29 is 13.7 Å². The monoisotopic (exact) mass is 418 g/mol. The van der Waals surface area contributed by atoms with Crippen LogP contribution in [0.1, 0.15) is 34.1 Å². The van der Waals surface area contributed by atoms with Crippen molar-refractivity contribution >= 4 is 0 Å². The molecular weight excluding hydrogens is 396 g/mol. The van der Waals surface area contributed by atoms with Gasteiger partial charge in [-0.3, -0.25) is 0 Å². The van der Waals surface area contributed by atoms with Crippen molar-refractivity contribution in [2.45, 2.75) is 25.6 Å². The molecule has 0 amide bonds. The highest BCUT2D eigenvalue weighted by Crippen LogP contribution is 2.21. The van der Waals surface area contributed by atoms with E-state index in [4.69, 9.17) is 0 Å². The van der Waals surface area contributed by atoms with E-state index in [9.17, 15) is 8.78 Å². The van der Waals surface area contributed by atoms with Crippen LogP contribution in [0, 0.1) is 11.6 Å². The van der Waals surface area contributed by atoms with Gasteiger partial charge in [0.1, 0.15) is 18.2 Å². The van der Waals surface area contributed by atoms with Crippen molar-refractivity contribution in [1.29, 1.82) is 0 Å². The van der Waals surface area contributed by atoms with Gasteiger partial charge in [-0.1, -0.05) is 36.4 Å². The Kier molecular flexibility index (Phi) is 5.26. The number of hydrogen-bond acceptors (Lipinski definition) is 3. The average Bonchev–Trinajstić information content (AvgIpc) is 3.24. The maximum atomic E-state index is 13.6. The maximum absolute atomic E-state index is 13.6. The first-order valence-electron chi connectivity index (χ1n) is 10.3. The molecule has 3 aromatic carbocycles. The summed E-state index contributed by atoms with van der Waals surface area (Å²) in [6, 6.07) is 21.2. The largest absolute Gasteiger partial charge is 0.318 e. The molecule has 156 valence electrons. The molecule has 2 heterocycles. The molecule has 4 aromatic rings. The molecule has 0 aliphatic carbocycles. The smallest absolute Gasteiger partial charge is 0.214 e. The van der Waals surface area contributed by atoms with Crippen molar-refractivity contribution in [2.24, 2.45) is 0 Å². The normalized spacial score (nSPS) is 16.6. The number of nitrogens with zero attached hydrogens (tertiary/aromatic N) is 4. The van der Waals surface area contributed by atoms with E-state index in [-0.39, 0.29) is 17.7 Å². The third kappa shape index (κ3) is 4.09. The SMILES string of the molecule is Fc1ccc(Cn2nnnc2[C@@H](c2ccc(F)cc2)[NH+]2CCc3ccccc3C2)cc1. The van der Waals surface area contributed by atoms with Gasteiger partial charge in [-0.2, -0.15) is 0 Å². The average molecular weight is 418 g/mol. The first-order chi connectivity index (χ1) is 15.2. The zero-order valence-corrected chi connectivity index (χ0v) is 16.9. The summed E-state index contributed by atoms with van der Waals surface area (Å²) >= 11 is 0. The van der Waals surface area contributed by atoms with Crippen molar-refractivity contribution in [3.63, 3.8) is 0 Å². The van der Waals surface area contributed by atoms with Gasteiger partial charge in [-0.25, -0.2) is 13.5 Å². The van der Waals surface area contributed by atoms with Crippen LogP contribution < -0.4 is 4.90 Å². The molecule has 0 saturated carbocycles. The van der Waals surface area contributed by atoms with Crippen LogP contribution in [0.3, 0.4) is 0 Å². The Labute approximate surface area is 178 Å². The van der Waals surface area contributed by atoms with Crippen LogP contribution in [0.4, 0.5) is 8.78 Å².